The number of aromatic nitrogens is 3. The summed E-state index contributed by atoms with van der Waals surface area (Å²) in [5, 5.41) is 21.8. The van der Waals surface area contributed by atoms with E-state index in [-0.39, 0.29) is 29.5 Å². The third-order valence-corrected chi connectivity index (χ3v) is 8.20. The predicted molar refractivity (Wildman–Crippen MR) is 127 cm³/mol. The van der Waals surface area contributed by atoms with E-state index in [2.05, 4.69) is 10.1 Å². The Hall–Kier alpha value is -2.79. The SMILES string of the molecule is O=c1c(Cc2ccccc2)c[nH]n1-c1ccc(S(=O)(=O)N(CCC(O)CO)C2CCCC2)cn1. The van der Waals surface area contributed by atoms with Crippen LogP contribution in [0, 0.1) is 0 Å². The zero-order valence-electron chi connectivity index (χ0n) is 18.9. The van der Waals surface area contributed by atoms with E-state index in [1.165, 1.54) is 27.3 Å². The van der Waals surface area contributed by atoms with Gasteiger partial charge in [0.1, 0.15) is 4.90 Å². The molecule has 1 aromatic carbocycles. The molecular formula is C24H30N4O5S. The summed E-state index contributed by atoms with van der Waals surface area (Å²) < 4.78 is 29.5. The molecule has 4 rings (SSSR count). The zero-order chi connectivity index (χ0) is 24.1. The van der Waals surface area contributed by atoms with E-state index >= 15 is 0 Å². The molecule has 3 aromatic rings. The van der Waals surface area contributed by atoms with Crippen molar-refractivity contribution >= 4 is 10.0 Å². The topological polar surface area (TPSA) is 129 Å². The molecule has 0 amide bonds. The third kappa shape index (κ3) is 5.30. The first-order valence-corrected chi connectivity index (χ1v) is 12.9. The van der Waals surface area contributed by atoms with Gasteiger partial charge in [-0.25, -0.2) is 18.1 Å². The molecule has 3 N–H and O–H groups in total. The molecule has 182 valence electrons. The molecule has 1 atom stereocenters. The summed E-state index contributed by atoms with van der Waals surface area (Å²) in [5.74, 6) is 0.298. The lowest BCUT2D eigenvalue weighted by Gasteiger charge is -2.28. The van der Waals surface area contributed by atoms with Gasteiger partial charge in [-0.15, -0.1) is 0 Å². The highest BCUT2D eigenvalue weighted by Crippen LogP contribution is 2.29. The molecular weight excluding hydrogens is 456 g/mol. The minimum atomic E-state index is -3.85. The monoisotopic (exact) mass is 486 g/mol. The molecule has 0 aliphatic heterocycles. The van der Waals surface area contributed by atoms with Crippen LogP contribution in [-0.2, 0) is 16.4 Å². The largest absolute Gasteiger partial charge is 0.394 e. The van der Waals surface area contributed by atoms with E-state index in [4.69, 9.17) is 5.11 Å². The lowest BCUT2D eigenvalue weighted by atomic mass is 10.1. The fourth-order valence-corrected chi connectivity index (χ4v) is 6.02. The molecule has 2 heterocycles. The number of aliphatic hydroxyl groups is 2. The van der Waals surface area contributed by atoms with Crippen LogP contribution in [0.25, 0.3) is 5.82 Å². The first-order chi connectivity index (χ1) is 16.4. The van der Waals surface area contributed by atoms with Crippen LogP contribution in [0.2, 0.25) is 0 Å². The van der Waals surface area contributed by atoms with Crippen molar-refractivity contribution in [1.29, 1.82) is 0 Å². The van der Waals surface area contributed by atoms with Gasteiger partial charge in [0.2, 0.25) is 10.0 Å². The zero-order valence-corrected chi connectivity index (χ0v) is 19.7. The van der Waals surface area contributed by atoms with Gasteiger partial charge in [-0.2, -0.15) is 4.31 Å². The summed E-state index contributed by atoms with van der Waals surface area (Å²) in [4.78, 5) is 17.1. The van der Waals surface area contributed by atoms with Crippen molar-refractivity contribution in [2.24, 2.45) is 0 Å². The maximum Gasteiger partial charge on any atom is 0.276 e. The van der Waals surface area contributed by atoms with Gasteiger partial charge < -0.3 is 10.2 Å². The molecule has 0 saturated heterocycles. The number of benzene rings is 1. The Balaban J connectivity index is 1.55. The second kappa shape index (κ2) is 10.6. The highest BCUT2D eigenvalue weighted by atomic mass is 32.2. The van der Waals surface area contributed by atoms with Crippen LogP contribution in [-0.4, -0.2) is 63.0 Å². The summed E-state index contributed by atoms with van der Waals surface area (Å²) in [6.45, 7) is -0.290. The first-order valence-electron chi connectivity index (χ1n) is 11.5. The number of rotatable bonds is 10. The minimum Gasteiger partial charge on any atom is -0.394 e. The molecule has 10 heteroatoms. The lowest BCUT2D eigenvalue weighted by molar-refractivity contribution is 0.0816. The maximum absolute atomic E-state index is 13.4. The van der Waals surface area contributed by atoms with Crippen molar-refractivity contribution in [3.05, 3.63) is 76.3 Å². The molecule has 1 fully saturated rings. The smallest absolute Gasteiger partial charge is 0.276 e. The number of aromatic amines is 1. The molecule has 2 aromatic heterocycles. The summed E-state index contributed by atoms with van der Waals surface area (Å²) in [6.07, 6.45) is 6.00. The van der Waals surface area contributed by atoms with Crippen molar-refractivity contribution in [2.75, 3.05) is 13.2 Å². The molecule has 1 saturated carbocycles. The van der Waals surface area contributed by atoms with Crippen LogP contribution in [0.3, 0.4) is 0 Å². The molecule has 1 unspecified atom stereocenters. The molecule has 0 bridgehead atoms. The highest BCUT2D eigenvalue weighted by Gasteiger charge is 2.33. The quantitative estimate of drug-likeness (QED) is 0.401. The number of hydrogen-bond donors (Lipinski definition) is 3. The van der Waals surface area contributed by atoms with E-state index in [9.17, 15) is 18.3 Å². The van der Waals surface area contributed by atoms with Gasteiger partial charge in [0.05, 0.1) is 12.7 Å². The Labute approximate surface area is 198 Å². The van der Waals surface area contributed by atoms with Gasteiger partial charge in [0.15, 0.2) is 5.82 Å². The van der Waals surface area contributed by atoms with Crippen LogP contribution >= 0.6 is 0 Å². The van der Waals surface area contributed by atoms with Gasteiger partial charge in [-0.1, -0.05) is 43.2 Å². The molecule has 9 nitrogen and oxygen atoms in total. The van der Waals surface area contributed by atoms with Crippen molar-refractivity contribution in [3.63, 3.8) is 0 Å². The van der Waals surface area contributed by atoms with Crippen LogP contribution in [0.1, 0.15) is 43.2 Å². The molecule has 1 aliphatic rings. The second-order valence-electron chi connectivity index (χ2n) is 8.63. The van der Waals surface area contributed by atoms with Gasteiger partial charge in [-0.05, 0) is 37.0 Å². The number of nitrogens with zero attached hydrogens (tertiary/aromatic N) is 3. The van der Waals surface area contributed by atoms with Crippen molar-refractivity contribution in [3.8, 4) is 5.82 Å². The van der Waals surface area contributed by atoms with Gasteiger partial charge >= 0.3 is 0 Å². The average molecular weight is 487 g/mol. The number of sulfonamides is 1. The standard InChI is InChI=1S/C24H30N4O5S/c29-17-21(30)12-13-27(20-8-4-5-9-20)34(32,33)22-10-11-23(25-16-22)28-24(31)19(15-26-28)14-18-6-2-1-3-7-18/h1-3,6-7,10-11,15-16,20-21,26,29-30H,4-5,8-9,12-14,17H2. The van der Waals surface area contributed by atoms with Gasteiger partial charge in [-0.3, -0.25) is 9.89 Å². The average Bonchev–Trinajstić information content (AvgIpc) is 3.50. The Morgan fingerprint density at radius 2 is 1.88 bits per heavy atom. The summed E-state index contributed by atoms with van der Waals surface area (Å²) >= 11 is 0. The molecule has 34 heavy (non-hydrogen) atoms. The number of hydrogen-bond acceptors (Lipinski definition) is 6. The van der Waals surface area contributed by atoms with E-state index in [1.54, 1.807) is 6.20 Å². The van der Waals surface area contributed by atoms with Crippen LogP contribution in [0.15, 0.2) is 64.5 Å². The second-order valence-corrected chi connectivity index (χ2v) is 10.5. The first kappa shape index (κ1) is 24.3. The van der Waals surface area contributed by atoms with Crippen molar-refractivity contribution < 1.29 is 18.6 Å². The highest BCUT2D eigenvalue weighted by molar-refractivity contribution is 7.89. The maximum atomic E-state index is 13.4. The number of nitrogens with one attached hydrogen (secondary N) is 1. The molecule has 1 aliphatic carbocycles. The Bertz CT molecular complexity index is 1230. The number of aliphatic hydroxyl groups excluding tert-OH is 2. The fourth-order valence-electron chi connectivity index (χ4n) is 4.37. The number of pyridine rings is 1. The normalized spacial score (nSPS) is 15.7. The summed E-state index contributed by atoms with van der Waals surface area (Å²) in [7, 11) is -3.85. The van der Waals surface area contributed by atoms with Gasteiger partial charge in [0.25, 0.3) is 5.56 Å². The van der Waals surface area contributed by atoms with Crippen molar-refractivity contribution in [1.82, 2.24) is 19.1 Å². The van der Waals surface area contributed by atoms with Gasteiger partial charge in [0, 0.05) is 37.0 Å². The number of H-pyrrole nitrogens is 1. The fraction of sp³-hybridized carbons (Fsp3) is 0.417. The van der Waals surface area contributed by atoms with E-state index in [0.29, 0.717) is 17.8 Å². The Morgan fingerprint density at radius 1 is 1.15 bits per heavy atom. The minimum absolute atomic E-state index is 0.0331. The molecule has 0 spiro atoms. The van der Waals surface area contributed by atoms with Crippen LogP contribution in [0.5, 0.6) is 0 Å². The molecule has 0 radical (unpaired) electrons. The Morgan fingerprint density at radius 3 is 2.53 bits per heavy atom. The van der Waals surface area contributed by atoms with Crippen LogP contribution < -0.4 is 5.56 Å². The van der Waals surface area contributed by atoms with E-state index < -0.39 is 22.7 Å². The van der Waals surface area contributed by atoms with Crippen LogP contribution in [0.4, 0.5) is 0 Å². The summed E-state index contributed by atoms with van der Waals surface area (Å²) in [5.41, 5.74) is 1.36. The predicted octanol–water partition coefficient (Wildman–Crippen LogP) is 1.83. The Kier molecular flexibility index (Phi) is 7.62. The third-order valence-electron chi connectivity index (χ3n) is 6.26. The van der Waals surface area contributed by atoms with E-state index in [0.717, 1.165) is 31.2 Å². The van der Waals surface area contributed by atoms with E-state index in [1.807, 2.05) is 30.3 Å². The summed E-state index contributed by atoms with van der Waals surface area (Å²) in [6, 6.07) is 12.5. The van der Waals surface area contributed by atoms with Crippen molar-refractivity contribution in [2.45, 2.75) is 55.6 Å². The lowest BCUT2D eigenvalue weighted by Crippen LogP contribution is -2.40.